The van der Waals surface area contributed by atoms with E-state index in [4.69, 9.17) is 4.74 Å². The molecule has 2 aromatic carbocycles. The third-order valence-electron chi connectivity index (χ3n) is 5.05. The predicted octanol–water partition coefficient (Wildman–Crippen LogP) is 3.00. The van der Waals surface area contributed by atoms with Gasteiger partial charge in [-0.1, -0.05) is 13.8 Å². The summed E-state index contributed by atoms with van der Waals surface area (Å²) in [5, 5.41) is 2.94. The van der Waals surface area contributed by atoms with E-state index in [9.17, 15) is 9.35 Å². The lowest BCUT2D eigenvalue weighted by atomic mass is 9.79. The molecule has 0 saturated heterocycles. The van der Waals surface area contributed by atoms with Crippen molar-refractivity contribution >= 4 is 28.1 Å². The van der Waals surface area contributed by atoms with Crippen LogP contribution in [-0.4, -0.2) is 40.3 Å². The summed E-state index contributed by atoms with van der Waals surface area (Å²) in [4.78, 5) is 21.0. The van der Waals surface area contributed by atoms with Crippen molar-refractivity contribution in [3.63, 3.8) is 0 Å². The Labute approximate surface area is 160 Å². The molecule has 6 nitrogen and oxygen atoms in total. The SMILES string of the molecule is COc1cc([S+](C)[O-])ccc1-c1nc2cc3c(cc2[nH]1)C(C)(C)CNC3=O. The molecular weight excluding hydrogens is 362 g/mol. The van der Waals surface area contributed by atoms with Gasteiger partial charge in [-0.05, 0) is 41.0 Å². The number of hydrogen-bond acceptors (Lipinski definition) is 4. The van der Waals surface area contributed by atoms with Crippen LogP contribution in [0.25, 0.3) is 22.4 Å². The molecule has 0 saturated carbocycles. The molecule has 140 valence electrons. The largest absolute Gasteiger partial charge is 0.612 e. The first-order valence-electron chi connectivity index (χ1n) is 8.64. The zero-order valence-corrected chi connectivity index (χ0v) is 16.5. The van der Waals surface area contributed by atoms with Gasteiger partial charge in [-0.3, -0.25) is 4.79 Å². The molecule has 2 heterocycles. The van der Waals surface area contributed by atoms with Crippen molar-refractivity contribution in [3.05, 3.63) is 41.5 Å². The fourth-order valence-corrected chi connectivity index (χ4v) is 4.00. The number of fused-ring (bicyclic) bond motifs is 2. The number of rotatable bonds is 3. The minimum absolute atomic E-state index is 0.0665. The van der Waals surface area contributed by atoms with Crippen LogP contribution >= 0.6 is 0 Å². The lowest BCUT2D eigenvalue weighted by Gasteiger charge is -2.32. The van der Waals surface area contributed by atoms with Crippen LogP contribution in [0.1, 0.15) is 29.8 Å². The number of imidazole rings is 1. The van der Waals surface area contributed by atoms with E-state index in [-0.39, 0.29) is 11.3 Å². The minimum Gasteiger partial charge on any atom is -0.612 e. The highest BCUT2D eigenvalue weighted by Gasteiger charge is 2.32. The maximum Gasteiger partial charge on any atom is 0.251 e. The van der Waals surface area contributed by atoms with Gasteiger partial charge in [0.05, 0.1) is 23.7 Å². The van der Waals surface area contributed by atoms with E-state index in [1.54, 1.807) is 19.4 Å². The normalized spacial score (nSPS) is 16.7. The summed E-state index contributed by atoms with van der Waals surface area (Å²) in [6.07, 6.45) is 1.63. The third-order valence-corrected chi connectivity index (χ3v) is 5.96. The van der Waals surface area contributed by atoms with Crippen LogP contribution in [0.3, 0.4) is 0 Å². The molecular formula is C20H21N3O3S. The van der Waals surface area contributed by atoms with E-state index in [0.29, 0.717) is 28.6 Å². The second-order valence-corrected chi connectivity index (χ2v) is 8.76. The van der Waals surface area contributed by atoms with E-state index >= 15 is 0 Å². The van der Waals surface area contributed by atoms with Crippen molar-refractivity contribution in [1.82, 2.24) is 15.3 Å². The Morgan fingerprint density at radius 3 is 2.70 bits per heavy atom. The molecule has 7 heteroatoms. The highest BCUT2D eigenvalue weighted by Crippen LogP contribution is 2.35. The van der Waals surface area contributed by atoms with E-state index in [1.807, 2.05) is 24.3 Å². The monoisotopic (exact) mass is 383 g/mol. The van der Waals surface area contributed by atoms with Gasteiger partial charge in [-0.15, -0.1) is 0 Å². The van der Waals surface area contributed by atoms with Crippen LogP contribution in [0.15, 0.2) is 35.2 Å². The number of carbonyl (C=O) groups excluding carboxylic acids is 1. The molecule has 1 amide bonds. The highest BCUT2D eigenvalue weighted by molar-refractivity contribution is 7.90. The Hall–Kier alpha value is -2.51. The summed E-state index contributed by atoms with van der Waals surface area (Å²) in [7, 11) is 1.58. The number of aromatic amines is 1. The number of ether oxygens (including phenoxy) is 1. The van der Waals surface area contributed by atoms with Crippen LogP contribution in [0, 0.1) is 0 Å². The van der Waals surface area contributed by atoms with Crippen molar-refractivity contribution in [2.24, 2.45) is 0 Å². The minimum atomic E-state index is -1.09. The number of hydrogen-bond donors (Lipinski definition) is 2. The molecule has 0 bridgehead atoms. The van der Waals surface area contributed by atoms with Gasteiger partial charge in [-0.2, -0.15) is 0 Å². The van der Waals surface area contributed by atoms with Crippen LogP contribution in [-0.2, 0) is 16.6 Å². The maximum absolute atomic E-state index is 12.3. The topological polar surface area (TPSA) is 90.1 Å². The van der Waals surface area contributed by atoms with Gasteiger partial charge in [0, 0.05) is 23.6 Å². The summed E-state index contributed by atoms with van der Waals surface area (Å²) in [6, 6.07) is 9.28. The smallest absolute Gasteiger partial charge is 0.251 e. The molecule has 0 aliphatic carbocycles. The lowest BCUT2D eigenvalue weighted by Crippen LogP contribution is -2.43. The molecule has 1 aromatic heterocycles. The number of H-pyrrole nitrogens is 1. The lowest BCUT2D eigenvalue weighted by molar-refractivity contribution is 0.0930. The Bertz CT molecular complexity index is 1060. The standard InChI is InChI=1S/C20H21N3O3S/c1-20(2)10-21-19(24)13-8-15-16(9-14(13)20)23-18(22-15)12-6-5-11(27(4)25)7-17(12)26-3/h5-9H,10H2,1-4H3,(H,21,24)(H,22,23). The second-order valence-electron chi connectivity index (χ2n) is 7.38. The number of carbonyl (C=O) groups is 1. The van der Waals surface area contributed by atoms with Crippen molar-refractivity contribution in [2.75, 3.05) is 19.9 Å². The average Bonchev–Trinajstić information content (AvgIpc) is 3.06. The quantitative estimate of drug-likeness (QED) is 0.681. The number of nitrogens with zero attached hydrogens (tertiary/aromatic N) is 1. The molecule has 0 spiro atoms. The van der Waals surface area contributed by atoms with E-state index in [1.165, 1.54) is 0 Å². The van der Waals surface area contributed by atoms with E-state index in [2.05, 4.69) is 29.1 Å². The van der Waals surface area contributed by atoms with Crippen LogP contribution < -0.4 is 10.1 Å². The first-order chi connectivity index (χ1) is 12.8. The number of amides is 1. The van der Waals surface area contributed by atoms with Gasteiger partial charge >= 0.3 is 0 Å². The van der Waals surface area contributed by atoms with Crippen molar-refractivity contribution in [1.29, 1.82) is 0 Å². The summed E-state index contributed by atoms with van der Waals surface area (Å²) in [5.74, 6) is 1.18. The number of methoxy groups -OCH3 is 1. The molecule has 1 aliphatic rings. The summed E-state index contributed by atoms with van der Waals surface area (Å²) < 4.78 is 17.2. The molecule has 1 atom stereocenters. The number of nitrogens with one attached hydrogen (secondary N) is 2. The predicted molar refractivity (Wildman–Crippen MR) is 106 cm³/mol. The van der Waals surface area contributed by atoms with E-state index in [0.717, 1.165) is 22.2 Å². The van der Waals surface area contributed by atoms with Gasteiger partial charge in [0.25, 0.3) is 5.91 Å². The number of benzene rings is 2. The summed E-state index contributed by atoms with van der Waals surface area (Å²) in [6.45, 7) is 4.83. The molecule has 2 N–H and O–H groups in total. The highest BCUT2D eigenvalue weighted by atomic mass is 32.2. The Morgan fingerprint density at radius 2 is 2.00 bits per heavy atom. The van der Waals surface area contributed by atoms with E-state index < -0.39 is 11.2 Å². The van der Waals surface area contributed by atoms with Crippen LogP contribution in [0.4, 0.5) is 0 Å². The molecule has 27 heavy (non-hydrogen) atoms. The zero-order chi connectivity index (χ0) is 19.3. The van der Waals surface area contributed by atoms with Gasteiger partial charge in [-0.25, -0.2) is 4.98 Å². The number of aromatic nitrogens is 2. The fraction of sp³-hybridized carbons (Fsp3) is 0.300. The molecule has 3 aromatic rings. The van der Waals surface area contributed by atoms with Gasteiger partial charge in [0.15, 0.2) is 4.90 Å². The Kier molecular flexibility index (Phi) is 4.16. The second kappa shape index (κ2) is 6.28. The van der Waals surface area contributed by atoms with Gasteiger partial charge < -0.3 is 19.6 Å². The van der Waals surface area contributed by atoms with Crippen molar-refractivity contribution in [2.45, 2.75) is 24.2 Å². The molecule has 1 aliphatic heterocycles. The van der Waals surface area contributed by atoms with Gasteiger partial charge in [0.2, 0.25) is 0 Å². The molecule has 0 radical (unpaired) electrons. The zero-order valence-electron chi connectivity index (χ0n) is 15.7. The first-order valence-corrected chi connectivity index (χ1v) is 10.2. The van der Waals surface area contributed by atoms with Crippen LogP contribution in [0.2, 0.25) is 0 Å². The molecule has 1 unspecified atom stereocenters. The molecule has 4 rings (SSSR count). The average molecular weight is 383 g/mol. The Balaban J connectivity index is 1.87. The Morgan fingerprint density at radius 1 is 1.22 bits per heavy atom. The maximum atomic E-state index is 12.3. The van der Waals surface area contributed by atoms with Crippen molar-refractivity contribution in [3.8, 4) is 17.1 Å². The summed E-state index contributed by atoms with van der Waals surface area (Å²) >= 11 is -1.09. The third kappa shape index (κ3) is 2.96. The molecule has 0 fully saturated rings. The fourth-order valence-electron chi connectivity index (χ4n) is 3.47. The first kappa shape index (κ1) is 17.9. The summed E-state index contributed by atoms with van der Waals surface area (Å²) in [5.41, 5.74) is 3.91. The van der Waals surface area contributed by atoms with Crippen LogP contribution in [0.5, 0.6) is 5.75 Å². The van der Waals surface area contributed by atoms with Crippen molar-refractivity contribution < 1.29 is 14.1 Å². The van der Waals surface area contributed by atoms with Gasteiger partial charge in [0.1, 0.15) is 17.8 Å².